The number of unbranched alkanes of at least 4 members (excludes halogenated alkanes) is 1. The van der Waals surface area contributed by atoms with Gasteiger partial charge in [-0.3, -0.25) is 4.79 Å². The summed E-state index contributed by atoms with van der Waals surface area (Å²) in [4.78, 5) is 12.0. The van der Waals surface area contributed by atoms with Crippen molar-refractivity contribution in [3.63, 3.8) is 0 Å². The third-order valence-corrected chi connectivity index (χ3v) is 8.25. The van der Waals surface area contributed by atoms with E-state index in [-0.39, 0.29) is 11.8 Å². The van der Waals surface area contributed by atoms with Crippen LogP contribution in [0.25, 0.3) is 0 Å². The molecule has 0 radical (unpaired) electrons. The SMILES string of the molecule is CC=CCCC(C(=O)O)C1C2CCC(S2)C1COCC(C)=C(C)CCCC. The molecule has 0 aliphatic carbocycles. The summed E-state index contributed by atoms with van der Waals surface area (Å²) >= 11 is 2.04. The average Bonchev–Trinajstić information content (AvgIpc) is 3.24. The maximum atomic E-state index is 12.0. The number of carboxylic acid groups (broad SMARTS) is 1. The number of hydrogen-bond acceptors (Lipinski definition) is 3. The van der Waals surface area contributed by atoms with Crippen LogP contribution in [0.2, 0.25) is 0 Å². The van der Waals surface area contributed by atoms with Gasteiger partial charge in [0.2, 0.25) is 0 Å². The quantitative estimate of drug-likeness (QED) is 0.406. The van der Waals surface area contributed by atoms with Gasteiger partial charge < -0.3 is 9.84 Å². The lowest BCUT2D eigenvalue weighted by Gasteiger charge is -2.33. The van der Waals surface area contributed by atoms with Gasteiger partial charge in [0.05, 0.1) is 19.1 Å². The Kier molecular flexibility index (Phi) is 9.44. The lowest BCUT2D eigenvalue weighted by atomic mass is 9.71. The van der Waals surface area contributed by atoms with Crippen LogP contribution in [0.4, 0.5) is 0 Å². The second kappa shape index (κ2) is 11.3. The van der Waals surface area contributed by atoms with Crippen molar-refractivity contribution in [3.05, 3.63) is 23.3 Å². The zero-order valence-electron chi connectivity index (χ0n) is 17.6. The summed E-state index contributed by atoms with van der Waals surface area (Å²) in [6.07, 6.45) is 11.7. The Morgan fingerprint density at radius 3 is 2.67 bits per heavy atom. The minimum atomic E-state index is -0.617. The van der Waals surface area contributed by atoms with E-state index in [4.69, 9.17) is 4.74 Å². The fourth-order valence-electron chi connectivity index (χ4n) is 4.64. The highest BCUT2D eigenvalue weighted by Gasteiger charge is 2.52. The predicted molar refractivity (Wildman–Crippen MR) is 115 cm³/mol. The number of rotatable bonds is 12. The average molecular weight is 395 g/mol. The lowest BCUT2D eigenvalue weighted by Crippen LogP contribution is -2.39. The third kappa shape index (κ3) is 6.12. The van der Waals surface area contributed by atoms with Crippen molar-refractivity contribution >= 4 is 17.7 Å². The van der Waals surface area contributed by atoms with Crippen molar-refractivity contribution in [2.24, 2.45) is 17.8 Å². The van der Waals surface area contributed by atoms with Gasteiger partial charge >= 0.3 is 5.97 Å². The summed E-state index contributed by atoms with van der Waals surface area (Å²) in [6, 6.07) is 0. The summed E-state index contributed by atoms with van der Waals surface area (Å²) in [5.74, 6) is -0.194. The summed E-state index contributed by atoms with van der Waals surface area (Å²) < 4.78 is 6.14. The van der Waals surface area contributed by atoms with Crippen LogP contribution in [0.5, 0.6) is 0 Å². The van der Waals surface area contributed by atoms with Crippen molar-refractivity contribution in [1.29, 1.82) is 0 Å². The van der Waals surface area contributed by atoms with Crippen LogP contribution in [-0.4, -0.2) is 34.8 Å². The molecule has 0 saturated carbocycles. The maximum absolute atomic E-state index is 12.0. The number of hydrogen-bond donors (Lipinski definition) is 1. The minimum Gasteiger partial charge on any atom is -0.481 e. The second-order valence-electron chi connectivity index (χ2n) is 8.30. The Morgan fingerprint density at radius 2 is 2.00 bits per heavy atom. The molecule has 2 rings (SSSR count). The van der Waals surface area contributed by atoms with Crippen molar-refractivity contribution < 1.29 is 14.6 Å². The molecule has 1 N–H and O–H groups in total. The van der Waals surface area contributed by atoms with Crippen molar-refractivity contribution in [1.82, 2.24) is 0 Å². The van der Waals surface area contributed by atoms with Gasteiger partial charge in [-0.2, -0.15) is 11.8 Å². The van der Waals surface area contributed by atoms with E-state index in [1.165, 1.54) is 36.8 Å². The maximum Gasteiger partial charge on any atom is 0.306 e. The van der Waals surface area contributed by atoms with E-state index in [2.05, 4.69) is 26.8 Å². The van der Waals surface area contributed by atoms with Crippen LogP contribution < -0.4 is 0 Å². The second-order valence-corrected chi connectivity index (χ2v) is 9.79. The normalized spacial score (nSPS) is 29.3. The first-order valence-electron chi connectivity index (χ1n) is 10.7. The van der Waals surface area contributed by atoms with Crippen molar-refractivity contribution in [3.8, 4) is 0 Å². The number of ether oxygens (including phenoxy) is 1. The Labute approximate surface area is 170 Å². The van der Waals surface area contributed by atoms with Crippen LogP contribution in [-0.2, 0) is 9.53 Å². The molecule has 4 heteroatoms. The molecule has 27 heavy (non-hydrogen) atoms. The highest BCUT2D eigenvalue weighted by Crippen LogP contribution is 2.56. The summed E-state index contributed by atoms with van der Waals surface area (Å²) in [7, 11) is 0. The number of thioether (sulfide) groups is 1. The van der Waals surface area contributed by atoms with Gasteiger partial charge in [-0.15, -0.1) is 0 Å². The standard InChI is InChI=1S/C23H38O3S/c1-5-7-9-11-18(23(24)25)22-19(20-12-13-21(22)27-20)15-26-14-17(4)16(3)10-8-6-2/h5,7,18-22H,6,8-15H2,1-4H3,(H,24,25). The fourth-order valence-corrected chi connectivity index (χ4v) is 6.66. The molecule has 0 aromatic heterocycles. The first kappa shape index (κ1) is 22.5. The molecule has 2 bridgehead atoms. The van der Waals surface area contributed by atoms with Gasteiger partial charge in [-0.1, -0.05) is 31.1 Å². The largest absolute Gasteiger partial charge is 0.481 e. The van der Waals surface area contributed by atoms with Crippen LogP contribution in [0.3, 0.4) is 0 Å². The van der Waals surface area contributed by atoms with Crippen LogP contribution in [0.1, 0.15) is 72.6 Å². The lowest BCUT2D eigenvalue weighted by molar-refractivity contribution is -0.145. The van der Waals surface area contributed by atoms with Gasteiger partial charge in [0.1, 0.15) is 0 Å². The van der Waals surface area contributed by atoms with Crippen molar-refractivity contribution in [2.45, 2.75) is 83.1 Å². The molecule has 154 valence electrons. The van der Waals surface area contributed by atoms with E-state index >= 15 is 0 Å². The minimum absolute atomic E-state index is 0.236. The first-order chi connectivity index (χ1) is 13.0. The summed E-state index contributed by atoms with van der Waals surface area (Å²) in [6.45, 7) is 10.0. The molecule has 0 amide bonds. The predicted octanol–water partition coefficient (Wildman–Crippen LogP) is 6.10. The molecule has 3 nitrogen and oxygen atoms in total. The first-order valence-corrected chi connectivity index (χ1v) is 11.7. The van der Waals surface area contributed by atoms with Crippen molar-refractivity contribution in [2.75, 3.05) is 13.2 Å². The molecule has 2 fully saturated rings. The zero-order chi connectivity index (χ0) is 19.8. The number of allylic oxidation sites excluding steroid dienone is 3. The Bertz CT molecular complexity index is 540. The number of carbonyl (C=O) groups is 1. The zero-order valence-corrected chi connectivity index (χ0v) is 18.4. The monoisotopic (exact) mass is 394 g/mol. The van der Waals surface area contributed by atoms with E-state index in [9.17, 15) is 9.90 Å². The van der Waals surface area contributed by atoms with E-state index in [0.717, 1.165) is 19.3 Å². The molecular formula is C23H38O3S. The molecule has 2 aliphatic heterocycles. The number of aliphatic carboxylic acids is 1. The highest BCUT2D eigenvalue weighted by atomic mass is 32.2. The Balaban J connectivity index is 1.96. The highest BCUT2D eigenvalue weighted by molar-refractivity contribution is 8.01. The molecule has 2 saturated heterocycles. The fraction of sp³-hybridized carbons (Fsp3) is 0.783. The molecule has 0 aromatic carbocycles. The molecule has 5 unspecified atom stereocenters. The molecule has 2 heterocycles. The molecule has 0 spiro atoms. The van der Waals surface area contributed by atoms with Crippen LogP contribution in [0, 0.1) is 17.8 Å². The van der Waals surface area contributed by atoms with Gasteiger partial charge in [-0.25, -0.2) is 0 Å². The Morgan fingerprint density at radius 1 is 1.26 bits per heavy atom. The summed E-state index contributed by atoms with van der Waals surface area (Å²) in [5, 5.41) is 11.0. The number of carboxylic acids is 1. The van der Waals surface area contributed by atoms with E-state index in [0.29, 0.717) is 29.6 Å². The third-order valence-electron chi connectivity index (χ3n) is 6.41. The van der Waals surface area contributed by atoms with E-state index in [1.807, 2.05) is 24.8 Å². The van der Waals surface area contributed by atoms with E-state index < -0.39 is 5.97 Å². The molecule has 0 aromatic rings. The number of fused-ring (bicyclic) bond motifs is 2. The van der Waals surface area contributed by atoms with Crippen LogP contribution >= 0.6 is 11.8 Å². The van der Waals surface area contributed by atoms with E-state index in [1.54, 1.807) is 0 Å². The van der Waals surface area contributed by atoms with Crippen LogP contribution in [0.15, 0.2) is 23.3 Å². The summed E-state index contributed by atoms with van der Waals surface area (Å²) in [5.41, 5.74) is 2.80. The molecule has 5 atom stereocenters. The Hall–Kier alpha value is -0.740. The van der Waals surface area contributed by atoms with Gasteiger partial charge in [0.15, 0.2) is 0 Å². The molecule has 2 aliphatic rings. The van der Waals surface area contributed by atoms with Gasteiger partial charge in [-0.05, 0) is 76.7 Å². The van der Waals surface area contributed by atoms with Gasteiger partial charge in [0, 0.05) is 10.5 Å². The topological polar surface area (TPSA) is 46.5 Å². The molecular weight excluding hydrogens is 356 g/mol. The van der Waals surface area contributed by atoms with Gasteiger partial charge in [0.25, 0.3) is 0 Å². The smallest absolute Gasteiger partial charge is 0.306 e.